The first-order chi connectivity index (χ1) is 6.27. The summed E-state index contributed by atoms with van der Waals surface area (Å²) in [6.07, 6.45) is 5.87. The van der Waals surface area contributed by atoms with Gasteiger partial charge < -0.3 is 4.42 Å². The number of carbonyl (C=O) groups is 1. The monoisotopic (exact) mass is 177 g/mol. The van der Waals surface area contributed by atoms with Crippen molar-refractivity contribution in [3.8, 4) is 5.82 Å². The molecule has 2 aromatic rings. The van der Waals surface area contributed by atoms with Crippen molar-refractivity contribution in [1.82, 2.24) is 14.8 Å². The fourth-order valence-electron chi connectivity index (χ4n) is 0.949. The van der Waals surface area contributed by atoms with Crippen LogP contribution < -0.4 is 0 Å². The third kappa shape index (κ3) is 1.35. The lowest BCUT2D eigenvalue weighted by Crippen LogP contribution is -1.94. The number of carbonyl (C=O) groups excluding carboxylic acids is 1. The van der Waals surface area contributed by atoms with E-state index in [1.54, 1.807) is 6.20 Å². The second-order valence-electron chi connectivity index (χ2n) is 2.58. The molecule has 2 rings (SSSR count). The number of aromatic nitrogens is 3. The molecular formula is C8H7N3O2. The minimum absolute atomic E-state index is 0.0188. The van der Waals surface area contributed by atoms with E-state index >= 15 is 0 Å². The molecule has 0 aliphatic carbocycles. The zero-order valence-electron chi connectivity index (χ0n) is 6.97. The number of rotatable bonds is 2. The van der Waals surface area contributed by atoms with E-state index in [0.717, 1.165) is 0 Å². The highest BCUT2D eigenvalue weighted by Crippen LogP contribution is 2.05. The van der Waals surface area contributed by atoms with Crippen molar-refractivity contribution < 1.29 is 9.21 Å². The van der Waals surface area contributed by atoms with E-state index in [0.29, 0.717) is 11.4 Å². The Morgan fingerprint density at radius 2 is 2.46 bits per heavy atom. The summed E-state index contributed by atoms with van der Waals surface area (Å²) in [5.74, 6) is 0.544. The normalized spacial score (nSPS) is 10.2. The van der Waals surface area contributed by atoms with Crippen molar-refractivity contribution >= 4 is 5.78 Å². The first-order valence-corrected chi connectivity index (χ1v) is 3.71. The van der Waals surface area contributed by atoms with Gasteiger partial charge >= 0.3 is 0 Å². The highest BCUT2D eigenvalue weighted by Gasteiger charge is 2.05. The Balaban J connectivity index is 2.39. The van der Waals surface area contributed by atoms with E-state index in [-0.39, 0.29) is 5.78 Å². The van der Waals surface area contributed by atoms with Crippen LogP contribution >= 0.6 is 0 Å². The largest absolute Gasteiger partial charge is 0.449 e. The smallest absolute Gasteiger partial charge is 0.192 e. The Kier molecular flexibility index (Phi) is 1.70. The lowest BCUT2D eigenvalue weighted by molar-refractivity contribution is 0.101. The summed E-state index contributed by atoms with van der Waals surface area (Å²) in [5.41, 5.74) is 0.558. The lowest BCUT2D eigenvalue weighted by Gasteiger charge is -1.90. The van der Waals surface area contributed by atoms with Gasteiger partial charge in [-0.15, -0.1) is 0 Å². The van der Waals surface area contributed by atoms with E-state index < -0.39 is 0 Å². The van der Waals surface area contributed by atoms with Crippen molar-refractivity contribution in [2.45, 2.75) is 6.92 Å². The van der Waals surface area contributed by atoms with Crippen molar-refractivity contribution in [2.24, 2.45) is 0 Å². The molecule has 5 nitrogen and oxygen atoms in total. The molecule has 0 saturated carbocycles. The van der Waals surface area contributed by atoms with Crippen LogP contribution in [0, 0.1) is 0 Å². The molecule has 0 bridgehead atoms. The molecule has 0 amide bonds. The average molecular weight is 177 g/mol. The predicted molar refractivity (Wildman–Crippen MR) is 43.6 cm³/mol. The quantitative estimate of drug-likeness (QED) is 0.643. The van der Waals surface area contributed by atoms with Crippen LogP contribution in [-0.2, 0) is 0 Å². The van der Waals surface area contributed by atoms with Crippen LogP contribution in [0.3, 0.4) is 0 Å². The van der Waals surface area contributed by atoms with Gasteiger partial charge in [0.25, 0.3) is 0 Å². The molecule has 0 fully saturated rings. The van der Waals surface area contributed by atoms with Gasteiger partial charge in [-0.1, -0.05) is 0 Å². The van der Waals surface area contributed by atoms with E-state index in [4.69, 9.17) is 4.42 Å². The SMILES string of the molecule is CC(=O)c1cnn(-c2cocn2)c1. The molecule has 0 aliphatic heterocycles. The van der Waals surface area contributed by atoms with Gasteiger partial charge in [0.1, 0.15) is 6.26 Å². The first kappa shape index (κ1) is 7.72. The third-order valence-corrected chi connectivity index (χ3v) is 1.64. The third-order valence-electron chi connectivity index (χ3n) is 1.64. The number of hydrogen-bond acceptors (Lipinski definition) is 4. The molecule has 0 unspecified atom stereocenters. The van der Waals surface area contributed by atoms with Gasteiger partial charge in [-0.2, -0.15) is 10.1 Å². The second-order valence-corrected chi connectivity index (χ2v) is 2.58. The van der Waals surface area contributed by atoms with Gasteiger partial charge in [-0.3, -0.25) is 4.79 Å². The van der Waals surface area contributed by atoms with E-state index in [1.165, 1.54) is 30.5 Å². The topological polar surface area (TPSA) is 60.9 Å². The first-order valence-electron chi connectivity index (χ1n) is 3.71. The molecule has 5 heteroatoms. The maximum atomic E-state index is 10.9. The van der Waals surface area contributed by atoms with Gasteiger partial charge in [0.15, 0.2) is 18.0 Å². The zero-order chi connectivity index (χ0) is 9.26. The van der Waals surface area contributed by atoms with Crippen LogP contribution in [0.2, 0.25) is 0 Å². The van der Waals surface area contributed by atoms with Gasteiger partial charge in [-0.25, -0.2) is 4.68 Å². The molecule has 0 aliphatic rings. The van der Waals surface area contributed by atoms with Gasteiger partial charge in [0.2, 0.25) is 0 Å². The predicted octanol–water partition coefficient (Wildman–Crippen LogP) is 1.06. The van der Waals surface area contributed by atoms with Gasteiger partial charge in [0, 0.05) is 6.20 Å². The summed E-state index contributed by atoms with van der Waals surface area (Å²) in [6, 6.07) is 0. The Hall–Kier alpha value is -1.91. The summed E-state index contributed by atoms with van der Waals surface area (Å²) in [6.45, 7) is 1.49. The fraction of sp³-hybridized carbons (Fsp3) is 0.125. The van der Waals surface area contributed by atoms with Crippen LogP contribution in [0.1, 0.15) is 17.3 Å². The molecule has 0 aromatic carbocycles. The number of nitrogens with zero attached hydrogens (tertiary/aromatic N) is 3. The zero-order valence-corrected chi connectivity index (χ0v) is 6.97. The second kappa shape index (κ2) is 2.85. The molecule has 0 spiro atoms. The molecule has 2 aromatic heterocycles. The molecule has 0 radical (unpaired) electrons. The maximum Gasteiger partial charge on any atom is 0.192 e. The Labute approximate surface area is 74.0 Å². The van der Waals surface area contributed by atoms with Crippen molar-refractivity contribution in [1.29, 1.82) is 0 Å². The van der Waals surface area contributed by atoms with E-state index in [9.17, 15) is 4.79 Å². The fourth-order valence-corrected chi connectivity index (χ4v) is 0.949. The highest BCUT2D eigenvalue weighted by molar-refractivity contribution is 5.93. The molecule has 2 heterocycles. The summed E-state index contributed by atoms with van der Waals surface area (Å²) in [7, 11) is 0. The van der Waals surface area contributed by atoms with Crippen molar-refractivity contribution in [2.75, 3.05) is 0 Å². The van der Waals surface area contributed by atoms with Crippen LogP contribution in [0.5, 0.6) is 0 Å². The summed E-state index contributed by atoms with van der Waals surface area (Å²) in [4.78, 5) is 14.8. The number of hydrogen-bond donors (Lipinski definition) is 0. The molecule has 66 valence electrons. The molecule has 0 saturated heterocycles. The van der Waals surface area contributed by atoms with Crippen molar-refractivity contribution in [3.63, 3.8) is 0 Å². The maximum absolute atomic E-state index is 10.9. The Bertz CT molecular complexity index is 416. The summed E-state index contributed by atoms with van der Waals surface area (Å²) in [5, 5.41) is 3.95. The number of oxazole rings is 1. The Morgan fingerprint density at radius 1 is 1.62 bits per heavy atom. The minimum atomic E-state index is -0.0188. The standard InChI is InChI=1S/C8H7N3O2/c1-6(12)7-2-10-11(3-7)8-4-13-5-9-8/h2-5H,1H3. The number of Topliss-reactive ketones (excluding diaryl/α,β-unsaturated/α-hetero) is 1. The minimum Gasteiger partial charge on any atom is -0.449 e. The van der Waals surface area contributed by atoms with Crippen LogP contribution in [0.4, 0.5) is 0 Å². The Morgan fingerprint density at radius 3 is 3.00 bits per heavy atom. The van der Waals surface area contributed by atoms with Crippen LogP contribution in [-0.4, -0.2) is 20.5 Å². The van der Waals surface area contributed by atoms with Crippen LogP contribution in [0.25, 0.3) is 5.82 Å². The summed E-state index contributed by atoms with van der Waals surface area (Å²) >= 11 is 0. The average Bonchev–Trinajstić information content (AvgIpc) is 2.75. The van der Waals surface area contributed by atoms with Gasteiger partial charge in [0.05, 0.1) is 11.8 Å². The van der Waals surface area contributed by atoms with E-state index in [2.05, 4.69) is 10.1 Å². The van der Waals surface area contributed by atoms with Gasteiger partial charge in [-0.05, 0) is 6.92 Å². The molecular weight excluding hydrogens is 170 g/mol. The number of ketones is 1. The van der Waals surface area contributed by atoms with E-state index in [1.807, 2.05) is 0 Å². The lowest BCUT2D eigenvalue weighted by atomic mass is 10.3. The van der Waals surface area contributed by atoms with Crippen LogP contribution in [0.15, 0.2) is 29.5 Å². The highest BCUT2D eigenvalue weighted by atomic mass is 16.3. The molecule has 13 heavy (non-hydrogen) atoms. The van der Waals surface area contributed by atoms with Crippen molar-refractivity contribution in [3.05, 3.63) is 30.6 Å². The molecule has 0 N–H and O–H groups in total. The summed E-state index contributed by atoms with van der Waals surface area (Å²) < 4.78 is 6.27. The molecule has 0 atom stereocenters.